The quantitative estimate of drug-likeness (QED) is 0.759. The van der Waals surface area contributed by atoms with Gasteiger partial charge >= 0.3 is 0 Å². The molecule has 0 fully saturated rings. The number of hydrogen-bond acceptors (Lipinski definition) is 3. The van der Waals surface area contributed by atoms with Gasteiger partial charge in [0, 0.05) is 10.4 Å². The minimum Gasteiger partial charge on any atom is -0.489 e. The lowest BCUT2D eigenvalue weighted by Crippen LogP contribution is -1.96. The highest BCUT2D eigenvalue weighted by molar-refractivity contribution is 7.13. The maximum absolute atomic E-state index is 10.8. The van der Waals surface area contributed by atoms with E-state index in [0.29, 0.717) is 6.61 Å². The van der Waals surface area contributed by atoms with Gasteiger partial charge in [0.25, 0.3) is 0 Å². The van der Waals surface area contributed by atoms with Crippen LogP contribution in [0.25, 0.3) is 0 Å². The number of ether oxygens (including phenoxy) is 1. The van der Waals surface area contributed by atoms with Gasteiger partial charge in [-0.3, -0.25) is 4.79 Å². The van der Waals surface area contributed by atoms with E-state index in [-0.39, 0.29) is 0 Å². The second kappa shape index (κ2) is 5.83. The summed E-state index contributed by atoms with van der Waals surface area (Å²) in [5, 5.41) is 0. The van der Waals surface area contributed by atoms with Gasteiger partial charge in [-0.2, -0.15) is 0 Å². The summed E-state index contributed by atoms with van der Waals surface area (Å²) >= 11 is 1.55. The maximum Gasteiger partial charge on any atom is 0.160 e. The summed E-state index contributed by atoms with van der Waals surface area (Å²) in [6.45, 7) is 4.67. The first kappa shape index (κ1) is 12.8. The molecule has 0 amide bonds. The summed E-state index contributed by atoms with van der Waals surface area (Å²) in [4.78, 5) is 12.8. The van der Waals surface area contributed by atoms with Crippen molar-refractivity contribution in [3.8, 4) is 5.75 Å². The van der Waals surface area contributed by atoms with Crippen molar-refractivity contribution in [3.63, 3.8) is 0 Å². The normalized spacial score (nSPS) is 10.3. The molecule has 0 aliphatic rings. The summed E-state index contributed by atoms with van der Waals surface area (Å²) in [5.41, 5.74) is 2.33. The van der Waals surface area contributed by atoms with Gasteiger partial charge in [0.15, 0.2) is 6.29 Å². The molecule has 3 heteroatoms. The lowest BCUT2D eigenvalue weighted by atomic mass is 10.2. The van der Waals surface area contributed by atoms with Gasteiger partial charge in [-0.15, -0.1) is 11.3 Å². The van der Waals surface area contributed by atoms with E-state index in [2.05, 4.69) is 6.92 Å². The fraction of sp³-hybridized carbons (Fsp3) is 0.267. The number of thiophene rings is 1. The van der Waals surface area contributed by atoms with Gasteiger partial charge < -0.3 is 4.74 Å². The Morgan fingerprint density at radius 1 is 1.28 bits per heavy atom. The molecule has 0 aliphatic heterocycles. The molecule has 0 radical (unpaired) electrons. The fourth-order valence-corrected chi connectivity index (χ4v) is 2.69. The SMILES string of the molecule is CCc1sc(C=O)cc1COc1ccc(C)cc1. The molecule has 0 N–H and O–H groups in total. The fourth-order valence-electron chi connectivity index (χ4n) is 1.76. The van der Waals surface area contributed by atoms with E-state index in [0.717, 1.165) is 28.9 Å². The third-order valence-corrected chi connectivity index (χ3v) is 4.02. The van der Waals surface area contributed by atoms with Gasteiger partial charge in [0.05, 0.1) is 4.88 Å². The number of aldehydes is 1. The van der Waals surface area contributed by atoms with Gasteiger partial charge in [-0.05, 0) is 31.5 Å². The Kier molecular flexibility index (Phi) is 4.15. The largest absolute Gasteiger partial charge is 0.489 e. The zero-order chi connectivity index (χ0) is 13.0. The molecule has 2 aromatic rings. The summed E-state index contributed by atoms with van der Waals surface area (Å²) in [6.07, 6.45) is 1.84. The highest BCUT2D eigenvalue weighted by atomic mass is 32.1. The third kappa shape index (κ3) is 2.99. The van der Waals surface area contributed by atoms with E-state index in [4.69, 9.17) is 4.74 Å². The molecule has 0 bridgehead atoms. The van der Waals surface area contributed by atoms with Gasteiger partial charge in [0.1, 0.15) is 12.4 Å². The van der Waals surface area contributed by atoms with Crippen LogP contribution in [-0.2, 0) is 13.0 Å². The van der Waals surface area contributed by atoms with Crippen LogP contribution in [0.15, 0.2) is 30.3 Å². The van der Waals surface area contributed by atoms with Crippen LogP contribution in [0.3, 0.4) is 0 Å². The lowest BCUT2D eigenvalue weighted by Gasteiger charge is -2.06. The van der Waals surface area contributed by atoms with Crippen molar-refractivity contribution >= 4 is 17.6 Å². The molecular weight excluding hydrogens is 244 g/mol. The van der Waals surface area contributed by atoms with Crippen LogP contribution < -0.4 is 4.74 Å². The summed E-state index contributed by atoms with van der Waals surface area (Å²) in [6, 6.07) is 9.91. The Bertz CT molecular complexity index is 526. The molecule has 0 aliphatic carbocycles. The maximum atomic E-state index is 10.8. The summed E-state index contributed by atoms with van der Waals surface area (Å²) in [7, 11) is 0. The van der Waals surface area contributed by atoms with Crippen LogP contribution in [0.1, 0.15) is 32.6 Å². The zero-order valence-corrected chi connectivity index (χ0v) is 11.4. The number of hydrogen-bond donors (Lipinski definition) is 0. The Hall–Kier alpha value is -1.61. The number of aryl methyl sites for hydroxylation is 2. The zero-order valence-electron chi connectivity index (χ0n) is 10.6. The molecule has 0 saturated heterocycles. The Morgan fingerprint density at radius 3 is 2.61 bits per heavy atom. The van der Waals surface area contributed by atoms with Crippen molar-refractivity contribution in [2.75, 3.05) is 0 Å². The van der Waals surface area contributed by atoms with E-state index in [1.807, 2.05) is 37.3 Å². The first-order chi connectivity index (χ1) is 8.72. The molecule has 2 nitrogen and oxygen atoms in total. The number of carbonyl (C=O) groups is 1. The monoisotopic (exact) mass is 260 g/mol. The highest BCUT2D eigenvalue weighted by Gasteiger charge is 2.07. The second-order valence-corrected chi connectivity index (χ2v) is 5.34. The predicted octanol–water partition coefficient (Wildman–Crippen LogP) is 4.01. The van der Waals surface area contributed by atoms with Crippen LogP contribution in [-0.4, -0.2) is 6.29 Å². The molecule has 0 spiro atoms. The van der Waals surface area contributed by atoms with Gasteiger partial charge in [-0.25, -0.2) is 0 Å². The Morgan fingerprint density at radius 2 is 2.00 bits per heavy atom. The number of benzene rings is 1. The smallest absolute Gasteiger partial charge is 0.160 e. The van der Waals surface area contributed by atoms with Crippen molar-refractivity contribution in [1.82, 2.24) is 0 Å². The topological polar surface area (TPSA) is 26.3 Å². The van der Waals surface area contributed by atoms with E-state index >= 15 is 0 Å². The van der Waals surface area contributed by atoms with Crippen LogP contribution in [0.4, 0.5) is 0 Å². The first-order valence-electron chi connectivity index (χ1n) is 5.99. The Labute approximate surface area is 111 Å². The van der Waals surface area contributed by atoms with E-state index in [9.17, 15) is 4.79 Å². The molecule has 1 aromatic heterocycles. The van der Waals surface area contributed by atoms with Crippen molar-refractivity contribution < 1.29 is 9.53 Å². The standard InChI is InChI=1S/C15H16O2S/c1-3-15-12(8-14(9-16)18-15)10-17-13-6-4-11(2)5-7-13/h4-9H,3,10H2,1-2H3. The number of carbonyl (C=O) groups excluding carboxylic acids is 1. The average Bonchev–Trinajstić information content (AvgIpc) is 2.80. The minimum absolute atomic E-state index is 0.524. The van der Waals surface area contributed by atoms with Crippen LogP contribution in [0.2, 0.25) is 0 Å². The molecule has 1 aromatic carbocycles. The van der Waals surface area contributed by atoms with Crippen molar-refractivity contribution in [1.29, 1.82) is 0 Å². The molecule has 0 atom stereocenters. The van der Waals surface area contributed by atoms with Crippen LogP contribution in [0.5, 0.6) is 5.75 Å². The lowest BCUT2D eigenvalue weighted by molar-refractivity contribution is 0.112. The molecule has 2 rings (SSSR count). The minimum atomic E-state index is 0.524. The second-order valence-electron chi connectivity index (χ2n) is 4.17. The molecular formula is C15H16O2S. The summed E-state index contributed by atoms with van der Waals surface area (Å²) < 4.78 is 5.74. The van der Waals surface area contributed by atoms with Crippen molar-refractivity contribution in [2.24, 2.45) is 0 Å². The Balaban J connectivity index is 2.07. The molecule has 0 saturated carbocycles. The van der Waals surface area contributed by atoms with E-state index in [1.54, 1.807) is 11.3 Å². The van der Waals surface area contributed by atoms with Crippen LogP contribution >= 0.6 is 11.3 Å². The van der Waals surface area contributed by atoms with Crippen molar-refractivity contribution in [3.05, 3.63) is 51.2 Å². The predicted molar refractivity (Wildman–Crippen MR) is 74.6 cm³/mol. The molecule has 18 heavy (non-hydrogen) atoms. The van der Waals surface area contributed by atoms with Crippen molar-refractivity contribution in [2.45, 2.75) is 26.9 Å². The third-order valence-electron chi connectivity index (χ3n) is 2.77. The van der Waals surface area contributed by atoms with E-state index in [1.165, 1.54) is 10.4 Å². The molecule has 0 unspecified atom stereocenters. The highest BCUT2D eigenvalue weighted by Crippen LogP contribution is 2.23. The van der Waals surface area contributed by atoms with Gasteiger partial charge in [0.2, 0.25) is 0 Å². The summed E-state index contributed by atoms with van der Waals surface area (Å²) in [5.74, 6) is 0.863. The molecule has 1 heterocycles. The average molecular weight is 260 g/mol. The van der Waals surface area contributed by atoms with E-state index < -0.39 is 0 Å². The van der Waals surface area contributed by atoms with Gasteiger partial charge in [-0.1, -0.05) is 24.6 Å². The molecule has 94 valence electrons. The van der Waals surface area contributed by atoms with Crippen LogP contribution in [0, 0.1) is 6.92 Å². The number of rotatable bonds is 5. The first-order valence-corrected chi connectivity index (χ1v) is 6.80.